The van der Waals surface area contributed by atoms with Gasteiger partial charge in [0.1, 0.15) is 0 Å². The summed E-state index contributed by atoms with van der Waals surface area (Å²) >= 11 is 0. The first kappa shape index (κ1) is 12.7. The second-order valence-electron chi connectivity index (χ2n) is 5.15. The van der Waals surface area contributed by atoms with Crippen molar-refractivity contribution in [3.63, 3.8) is 0 Å². The van der Waals surface area contributed by atoms with E-state index in [0.29, 0.717) is 6.04 Å². The molecule has 0 unspecified atom stereocenters. The minimum atomic E-state index is 0.402. The Bertz CT molecular complexity index is 553. The number of rotatable bonds is 3. The highest BCUT2D eigenvalue weighted by atomic mass is 15.2. The van der Waals surface area contributed by atoms with Crippen LogP contribution in [-0.2, 0) is 0 Å². The summed E-state index contributed by atoms with van der Waals surface area (Å²) in [5.74, 6) is 0.912. The van der Waals surface area contributed by atoms with Crippen molar-refractivity contribution in [2.24, 2.45) is 0 Å². The number of imidazole rings is 1. The normalized spacial score (nSPS) is 11.0. The second-order valence-corrected chi connectivity index (χ2v) is 5.15. The lowest BCUT2D eigenvalue weighted by atomic mass is 10.1. The Morgan fingerprint density at radius 2 is 1.89 bits per heavy atom. The Kier molecular flexibility index (Phi) is 3.41. The Morgan fingerprint density at radius 3 is 2.50 bits per heavy atom. The van der Waals surface area contributed by atoms with Crippen LogP contribution in [0, 0.1) is 20.8 Å². The number of hydrogen-bond donors (Lipinski definition) is 1. The summed E-state index contributed by atoms with van der Waals surface area (Å²) in [6.45, 7) is 10.6. The fraction of sp³-hybridized carbons (Fsp3) is 0.400. The molecule has 0 saturated heterocycles. The van der Waals surface area contributed by atoms with E-state index in [2.05, 4.69) is 67.0 Å². The first-order valence-electron chi connectivity index (χ1n) is 6.37. The van der Waals surface area contributed by atoms with Gasteiger partial charge >= 0.3 is 0 Å². The van der Waals surface area contributed by atoms with Crippen LogP contribution in [0.1, 0.15) is 36.7 Å². The van der Waals surface area contributed by atoms with E-state index in [1.807, 2.05) is 6.92 Å². The van der Waals surface area contributed by atoms with Crippen molar-refractivity contribution in [3.05, 3.63) is 41.2 Å². The summed E-state index contributed by atoms with van der Waals surface area (Å²) < 4.78 is 2.16. The van der Waals surface area contributed by atoms with Gasteiger partial charge in [-0.3, -0.25) is 0 Å². The number of aryl methyl sites for hydroxylation is 3. The molecule has 0 saturated carbocycles. The molecule has 0 aliphatic rings. The fourth-order valence-corrected chi connectivity index (χ4v) is 2.08. The molecule has 0 atom stereocenters. The van der Waals surface area contributed by atoms with E-state index in [-0.39, 0.29) is 0 Å². The largest absolute Gasteiger partial charge is 0.325 e. The number of nitrogens with one attached hydrogen (secondary N) is 1. The SMILES string of the molecule is Cc1ccc(Nc2nc(C)cn2C(C)C)c(C)c1. The topological polar surface area (TPSA) is 29.9 Å². The maximum atomic E-state index is 4.54. The lowest BCUT2D eigenvalue weighted by Crippen LogP contribution is -2.05. The third kappa shape index (κ3) is 2.55. The third-order valence-electron chi connectivity index (χ3n) is 3.04. The average molecular weight is 243 g/mol. The molecule has 3 heteroatoms. The van der Waals surface area contributed by atoms with Crippen molar-refractivity contribution in [1.29, 1.82) is 0 Å². The minimum Gasteiger partial charge on any atom is -0.325 e. The van der Waals surface area contributed by atoms with Crippen molar-refractivity contribution in [3.8, 4) is 0 Å². The van der Waals surface area contributed by atoms with E-state index in [4.69, 9.17) is 0 Å². The van der Waals surface area contributed by atoms with Crippen LogP contribution in [0.15, 0.2) is 24.4 Å². The number of benzene rings is 1. The average Bonchev–Trinajstić information content (AvgIpc) is 2.64. The smallest absolute Gasteiger partial charge is 0.207 e. The molecule has 0 spiro atoms. The van der Waals surface area contributed by atoms with E-state index in [0.717, 1.165) is 17.3 Å². The van der Waals surface area contributed by atoms with Gasteiger partial charge in [-0.15, -0.1) is 0 Å². The van der Waals surface area contributed by atoms with Crippen molar-refractivity contribution < 1.29 is 0 Å². The van der Waals surface area contributed by atoms with E-state index in [9.17, 15) is 0 Å². The molecule has 2 aromatic rings. The lowest BCUT2D eigenvalue weighted by Gasteiger charge is -2.14. The van der Waals surface area contributed by atoms with Gasteiger partial charge in [0.15, 0.2) is 0 Å². The first-order valence-corrected chi connectivity index (χ1v) is 6.37. The fourth-order valence-electron chi connectivity index (χ4n) is 2.08. The first-order chi connectivity index (χ1) is 8.47. The molecule has 0 bridgehead atoms. The zero-order valence-corrected chi connectivity index (χ0v) is 11.8. The Balaban J connectivity index is 2.33. The lowest BCUT2D eigenvalue weighted by molar-refractivity contribution is 0.607. The summed E-state index contributed by atoms with van der Waals surface area (Å²) in [4.78, 5) is 4.54. The van der Waals surface area contributed by atoms with Crippen molar-refractivity contribution in [2.45, 2.75) is 40.7 Å². The zero-order chi connectivity index (χ0) is 13.3. The molecule has 0 fully saturated rings. The molecular weight excluding hydrogens is 222 g/mol. The Labute approximate surface area is 109 Å². The van der Waals surface area contributed by atoms with Crippen LogP contribution in [0.25, 0.3) is 0 Å². The monoisotopic (exact) mass is 243 g/mol. The Morgan fingerprint density at radius 1 is 1.17 bits per heavy atom. The number of aromatic nitrogens is 2. The van der Waals surface area contributed by atoms with Gasteiger partial charge in [-0.2, -0.15) is 0 Å². The molecule has 96 valence electrons. The highest BCUT2D eigenvalue weighted by Gasteiger charge is 2.09. The van der Waals surface area contributed by atoms with Crippen LogP contribution in [-0.4, -0.2) is 9.55 Å². The molecule has 3 nitrogen and oxygen atoms in total. The van der Waals surface area contributed by atoms with E-state index in [1.54, 1.807) is 0 Å². The summed E-state index contributed by atoms with van der Waals surface area (Å²) in [6.07, 6.45) is 2.08. The number of anilines is 2. The predicted molar refractivity (Wildman–Crippen MR) is 76.5 cm³/mol. The minimum absolute atomic E-state index is 0.402. The van der Waals surface area contributed by atoms with Gasteiger partial charge in [-0.05, 0) is 46.2 Å². The van der Waals surface area contributed by atoms with Gasteiger partial charge in [-0.25, -0.2) is 4.98 Å². The van der Waals surface area contributed by atoms with Crippen LogP contribution < -0.4 is 5.32 Å². The van der Waals surface area contributed by atoms with Crippen molar-refractivity contribution >= 4 is 11.6 Å². The van der Waals surface area contributed by atoms with E-state index in [1.165, 1.54) is 11.1 Å². The highest BCUT2D eigenvalue weighted by molar-refractivity contribution is 5.59. The van der Waals surface area contributed by atoms with Crippen molar-refractivity contribution in [1.82, 2.24) is 9.55 Å². The summed E-state index contributed by atoms with van der Waals surface area (Å²) in [5.41, 5.74) is 4.68. The quantitative estimate of drug-likeness (QED) is 0.878. The van der Waals surface area contributed by atoms with Gasteiger partial charge in [0.2, 0.25) is 5.95 Å². The Hall–Kier alpha value is -1.77. The van der Waals surface area contributed by atoms with Crippen LogP contribution in [0.4, 0.5) is 11.6 Å². The second kappa shape index (κ2) is 4.84. The van der Waals surface area contributed by atoms with Gasteiger partial charge < -0.3 is 9.88 Å². The highest BCUT2D eigenvalue weighted by Crippen LogP contribution is 2.23. The molecular formula is C15H21N3. The molecule has 0 aliphatic carbocycles. The maximum Gasteiger partial charge on any atom is 0.207 e. The van der Waals surface area contributed by atoms with Gasteiger partial charge in [-0.1, -0.05) is 17.7 Å². The van der Waals surface area contributed by atoms with Gasteiger partial charge in [0.25, 0.3) is 0 Å². The van der Waals surface area contributed by atoms with Crippen molar-refractivity contribution in [2.75, 3.05) is 5.32 Å². The van der Waals surface area contributed by atoms with E-state index >= 15 is 0 Å². The summed E-state index contributed by atoms with van der Waals surface area (Å²) in [7, 11) is 0. The predicted octanol–water partition coefficient (Wildman–Crippen LogP) is 4.13. The molecule has 1 heterocycles. The standard InChI is InChI=1S/C15H21N3/c1-10(2)18-9-13(5)16-15(18)17-14-7-6-11(3)8-12(14)4/h6-10H,1-5H3,(H,16,17). The van der Waals surface area contributed by atoms with Crippen LogP contribution in [0.2, 0.25) is 0 Å². The van der Waals surface area contributed by atoms with Gasteiger partial charge in [0.05, 0.1) is 5.69 Å². The molecule has 1 aromatic heterocycles. The third-order valence-corrected chi connectivity index (χ3v) is 3.04. The summed E-state index contributed by atoms with van der Waals surface area (Å²) in [5, 5.41) is 3.42. The molecule has 0 radical (unpaired) electrons. The molecule has 0 amide bonds. The van der Waals surface area contributed by atoms with Crippen LogP contribution >= 0.6 is 0 Å². The molecule has 1 N–H and O–H groups in total. The van der Waals surface area contributed by atoms with Crippen LogP contribution in [0.5, 0.6) is 0 Å². The molecule has 18 heavy (non-hydrogen) atoms. The number of hydrogen-bond acceptors (Lipinski definition) is 2. The van der Waals surface area contributed by atoms with Gasteiger partial charge in [0, 0.05) is 17.9 Å². The molecule has 2 rings (SSSR count). The summed E-state index contributed by atoms with van der Waals surface area (Å²) in [6, 6.07) is 6.81. The number of nitrogens with zero attached hydrogens (tertiary/aromatic N) is 2. The van der Waals surface area contributed by atoms with E-state index < -0.39 is 0 Å². The molecule has 0 aliphatic heterocycles. The maximum absolute atomic E-state index is 4.54. The molecule has 1 aromatic carbocycles. The zero-order valence-electron chi connectivity index (χ0n) is 11.8. The van der Waals surface area contributed by atoms with Crippen LogP contribution in [0.3, 0.4) is 0 Å².